The summed E-state index contributed by atoms with van der Waals surface area (Å²) < 4.78 is 13.9. The Labute approximate surface area is 111 Å². The van der Waals surface area contributed by atoms with Crippen LogP contribution in [0.1, 0.15) is 43.3 Å². The predicted octanol–water partition coefficient (Wildman–Crippen LogP) is 5.05. The van der Waals surface area contributed by atoms with E-state index in [0.29, 0.717) is 6.42 Å². The van der Waals surface area contributed by atoms with Crippen molar-refractivity contribution in [1.82, 2.24) is 0 Å². The zero-order valence-corrected chi connectivity index (χ0v) is 11.7. The fourth-order valence-electron chi connectivity index (χ4n) is 1.75. The first-order valence-corrected chi connectivity index (χ1v) is 6.89. The number of carbonyl (C=O) groups is 1. The van der Waals surface area contributed by atoms with Crippen LogP contribution in [0.3, 0.4) is 0 Å². The number of Topliss-reactive ketones (excluding diaryl/α,β-unsaturated/α-hetero) is 1. The SMILES string of the molecule is CC(C)(C)CCC(=O)c1cc2ccc(F)cc2s1. The molecule has 1 aromatic heterocycles. The molecule has 0 saturated carbocycles. The summed E-state index contributed by atoms with van der Waals surface area (Å²) in [5.74, 6) is -0.0930. The van der Waals surface area contributed by atoms with Gasteiger partial charge in [0.25, 0.3) is 0 Å². The first kappa shape index (κ1) is 13.2. The summed E-state index contributed by atoms with van der Waals surface area (Å²) in [7, 11) is 0. The zero-order chi connectivity index (χ0) is 13.3. The number of hydrogen-bond acceptors (Lipinski definition) is 2. The highest BCUT2D eigenvalue weighted by Crippen LogP contribution is 2.29. The molecule has 2 aromatic rings. The summed E-state index contributed by atoms with van der Waals surface area (Å²) in [6.07, 6.45) is 1.42. The highest BCUT2D eigenvalue weighted by Gasteiger charge is 2.16. The lowest BCUT2D eigenvalue weighted by atomic mass is 9.89. The van der Waals surface area contributed by atoms with Gasteiger partial charge in [-0.25, -0.2) is 4.39 Å². The third kappa shape index (κ3) is 3.16. The van der Waals surface area contributed by atoms with E-state index in [0.717, 1.165) is 21.4 Å². The van der Waals surface area contributed by atoms with Crippen molar-refractivity contribution in [2.45, 2.75) is 33.6 Å². The van der Waals surface area contributed by atoms with Gasteiger partial charge in [0, 0.05) is 11.1 Å². The van der Waals surface area contributed by atoms with Gasteiger partial charge in [-0.1, -0.05) is 26.8 Å². The molecule has 0 aliphatic rings. The number of thiophene rings is 1. The smallest absolute Gasteiger partial charge is 0.172 e. The standard InChI is InChI=1S/C15H17FOS/c1-15(2,3)7-6-12(17)14-8-10-4-5-11(16)9-13(10)18-14/h4-5,8-9H,6-7H2,1-3H3. The van der Waals surface area contributed by atoms with E-state index in [4.69, 9.17) is 0 Å². The number of halogens is 1. The highest BCUT2D eigenvalue weighted by molar-refractivity contribution is 7.20. The van der Waals surface area contributed by atoms with Crippen LogP contribution >= 0.6 is 11.3 Å². The Kier molecular flexibility index (Phi) is 3.53. The van der Waals surface area contributed by atoms with Crippen molar-refractivity contribution in [2.75, 3.05) is 0 Å². The summed E-state index contributed by atoms with van der Waals surface area (Å²) in [5, 5.41) is 0.945. The number of carbonyl (C=O) groups excluding carboxylic acids is 1. The second kappa shape index (κ2) is 4.81. The van der Waals surface area contributed by atoms with Gasteiger partial charge in [-0.2, -0.15) is 0 Å². The van der Waals surface area contributed by atoms with Gasteiger partial charge in [-0.3, -0.25) is 4.79 Å². The molecule has 3 heteroatoms. The van der Waals surface area contributed by atoms with E-state index >= 15 is 0 Å². The summed E-state index contributed by atoms with van der Waals surface area (Å²) in [5.41, 5.74) is 0.165. The number of fused-ring (bicyclic) bond motifs is 1. The van der Waals surface area contributed by atoms with Crippen molar-refractivity contribution in [3.63, 3.8) is 0 Å². The lowest BCUT2D eigenvalue weighted by Gasteiger charge is -2.16. The van der Waals surface area contributed by atoms with Crippen LogP contribution in [0.4, 0.5) is 4.39 Å². The third-order valence-corrected chi connectivity index (χ3v) is 4.00. The zero-order valence-electron chi connectivity index (χ0n) is 10.9. The number of rotatable bonds is 3. The van der Waals surface area contributed by atoms with Crippen LogP contribution in [0.2, 0.25) is 0 Å². The van der Waals surface area contributed by atoms with Crippen LogP contribution < -0.4 is 0 Å². The molecule has 1 nitrogen and oxygen atoms in total. The molecule has 0 spiro atoms. The largest absolute Gasteiger partial charge is 0.293 e. The first-order chi connectivity index (χ1) is 8.35. The molecular weight excluding hydrogens is 247 g/mol. The van der Waals surface area contributed by atoms with Gasteiger partial charge < -0.3 is 0 Å². The van der Waals surface area contributed by atoms with E-state index in [1.807, 2.05) is 6.07 Å². The second-order valence-corrected chi connectivity index (χ2v) is 6.86. The third-order valence-electron chi connectivity index (χ3n) is 2.86. The molecule has 0 amide bonds. The Morgan fingerprint density at radius 2 is 2.00 bits per heavy atom. The monoisotopic (exact) mass is 264 g/mol. The molecule has 0 aliphatic heterocycles. The fraction of sp³-hybridized carbons (Fsp3) is 0.400. The van der Waals surface area contributed by atoms with Gasteiger partial charge in [0.1, 0.15) is 5.82 Å². The van der Waals surface area contributed by atoms with Crippen LogP contribution in [-0.2, 0) is 0 Å². The lowest BCUT2D eigenvalue weighted by molar-refractivity contribution is 0.0970. The van der Waals surface area contributed by atoms with Crippen molar-refractivity contribution in [2.24, 2.45) is 5.41 Å². The Morgan fingerprint density at radius 1 is 1.28 bits per heavy atom. The average Bonchev–Trinajstić information content (AvgIpc) is 2.67. The van der Waals surface area contributed by atoms with Crippen molar-refractivity contribution in [1.29, 1.82) is 0 Å². The molecule has 0 radical (unpaired) electrons. The lowest BCUT2D eigenvalue weighted by Crippen LogP contribution is -2.08. The summed E-state index contributed by atoms with van der Waals surface area (Å²) in [6, 6.07) is 6.51. The van der Waals surface area contributed by atoms with Crippen molar-refractivity contribution in [3.05, 3.63) is 35.0 Å². The summed E-state index contributed by atoms with van der Waals surface area (Å²) >= 11 is 1.38. The van der Waals surface area contributed by atoms with E-state index in [-0.39, 0.29) is 17.0 Å². The topological polar surface area (TPSA) is 17.1 Å². The fourth-order valence-corrected chi connectivity index (χ4v) is 2.81. The van der Waals surface area contributed by atoms with Crippen LogP contribution in [0.25, 0.3) is 10.1 Å². The van der Waals surface area contributed by atoms with Gasteiger partial charge in [-0.05, 0) is 35.4 Å². The normalized spacial score (nSPS) is 12.0. The van der Waals surface area contributed by atoms with E-state index in [9.17, 15) is 9.18 Å². The molecule has 0 atom stereocenters. The van der Waals surface area contributed by atoms with Crippen LogP contribution in [0.15, 0.2) is 24.3 Å². The minimum atomic E-state index is -0.252. The molecule has 18 heavy (non-hydrogen) atoms. The summed E-state index contributed by atoms with van der Waals surface area (Å²) in [4.78, 5) is 12.8. The van der Waals surface area contributed by atoms with E-state index in [2.05, 4.69) is 20.8 Å². The molecule has 0 N–H and O–H groups in total. The molecule has 0 saturated heterocycles. The Bertz CT molecular complexity index is 578. The second-order valence-electron chi connectivity index (χ2n) is 5.78. The molecule has 0 fully saturated rings. The molecule has 2 rings (SSSR count). The van der Waals surface area contributed by atoms with E-state index < -0.39 is 0 Å². The maximum absolute atomic E-state index is 13.1. The Hall–Kier alpha value is -1.22. The number of ketones is 1. The van der Waals surface area contributed by atoms with E-state index in [1.54, 1.807) is 6.07 Å². The van der Waals surface area contributed by atoms with Crippen molar-refractivity contribution < 1.29 is 9.18 Å². The van der Waals surface area contributed by atoms with Crippen molar-refractivity contribution in [3.8, 4) is 0 Å². The van der Waals surface area contributed by atoms with E-state index in [1.165, 1.54) is 23.5 Å². The van der Waals surface area contributed by atoms with Crippen LogP contribution in [-0.4, -0.2) is 5.78 Å². The van der Waals surface area contributed by atoms with Gasteiger partial charge in [-0.15, -0.1) is 11.3 Å². The van der Waals surface area contributed by atoms with Crippen LogP contribution in [0.5, 0.6) is 0 Å². The minimum absolute atomic E-state index is 0.159. The van der Waals surface area contributed by atoms with Gasteiger partial charge in [0.15, 0.2) is 5.78 Å². The highest BCUT2D eigenvalue weighted by atomic mass is 32.1. The predicted molar refractivity (Wildman–Crippen MR) is 74.8 cm³/mol. The molecular formula is C15H17FOS. The molecule has 0 unspecified atom stereocenters. The maximum atomic E-state index is 13.1. The maximum Gasteiger partial charge on any atom is 0.172 e. The number of hydrogen-bond donors (Lipinski definition) is 0. The van der Waals surface area contributed by atoms with Gasteiger partial charge >= 0.3 is 0 Å². The molecule has 96 valence electrons. The average molecular weight is 264 g/mol. The molecule has 1 aromatic carbocycles. The summed E-state index contributed by atoms with van der Waals surface area (Å²) in [6.45, 7) is 6.38. The van der Waals surface area contributed by atoms with Gasteiger partial charge in [0.2, 0.25) is 0 Å². The molecule has 0 aliphatic carbocycles. The van der Waals surface area contributed by atoms with Gasteiger partial charge in [0.05, 0.1) is 4.88 Å². The minimum Gasteiger partial charge on any atom is -0.293 e. The quantitative estimate of drug-likeness (QED) is 0.709. The Balaban J connectivity index is 2.18. The van der Waals surface area contributed by atoms with Crippen molar-refractivity contribution >= 4 is 27.2 Å². The molecule has 0 bridgehead atoms. The Morgan fingerprint density at radius 3 is 2.67 bits per heavy atom. The molecule has 1 heterocycles. The van der Waals surface area contributed by atoms with Crippen LogP contribution in [0, 0.1) is 11.2 Å². The first-order valence-electron chi connectivity index (χ1n) is 6.07. The number of benzene rings is 1.